The first-order valence-electron chi connectivity index (χ1n) is 5.74. The minimum absolute atomic E-state index is 0.449. The zero-order valence-corrected chi connectivity index (χ0v) is 12.0. The number of aryl methyl sites for hydroxylation is 1. The molecule has 0 radical (unpaired) electrons. The third-order valence-electron chi connectivity index (χ3n) is 2.88. The van der Waals surface area contributed by atoms with Crippen LogP contribution in [0.3, 0.4) is 0 Å². The van der Waals surface area contributed by atoms with Gasteiger partial charge in [-0.2, -0.15) is 9.65 Å². The quantitative estimate of drug-likeness (QED) is 0.716. The normalized spacial score (nSPS) is 10.7. The Morgan fingerprint density at radius 3 is 3.05 bits per heavy atom. The van der Waals surface area contributed by atoms with Crippen molar-refractivity contribution in [2.45, 2.75) is 11.1 Å². The van der Waals surface area contributed by atoms with Crippen molar-refractivity contribution in [2.24, 2.45) is 0 Å². The van der Waals surface area contributed by atoms with Crippen LogP contribution in [0.4, 0.5) is 10.1 Å². The minimum Gasteiger partial charge on any atom is -0.358 e. The summed E-state index contributed by atoms with van der Waals surface area (Å²) in [6.45, 7) is 1.96. The number of hydrogen-bond donors (Lipinski definition) is 2. The van der Waals surface area contributed by atoms with E-state index in [-0.39, 0.29) is 0 Å². The van der Waals surface area contributed by atoms with Crippen LogP contribution in [-0.4, -0.2) is 9.97 Å². The van der Waals surface area contributed by atoms with Gasteiger partial charge in [0.2, 0.25) is 0 Å². The molecule has 2 aromatic heterocycles. The Kier molecular flexibility index (Phi) is 3.34. The average molecular weight is 304 g/mol. The molecule has 0 saturated heterocycles. The predicted molar refractivity (Wildman–Crippen MR) is 79.3 cm³/mol. The van der Waals surface area contributed by atoms with E-state index in [2.05, 4.69) is 20.8 Å². The summed E-state index contributed by atoms with van der Waals surface area (Å²) in [6.07, 6.45) is 3.18. The van der Waals surface area contributed by atoms with Crippen LogP contribution in [0.5, 0.6) is 0 Å². The van der Waals surface area contributed by atoms with Gasteiger partial charge in [0.25, 0.3) is 5.26 Å². The van der Waals surface area contributed by atoms with Crippen molar-refractivity contribution < 1.29 is 4.39 Å². The van der Waals surface area contributed by atoms with Crippen molar-refractivity contribution in [1.29, 1.82) is 5.26 Å². The molecule has 1 aromatic carbocycles. The maximum atomic E-state index is 12.8. The van der Waals surface area contributed by atoms with Crippen LogP contribution in [0.1, 0.15) is 11.1 Å². The second kappa shape index (κ2) is 5.15. The first-order chi connectivity index (χ1) is 9.69. The van der Waals surface area contributed by atoms with Gasteiger partial charge in [0.1, 0.15) is 10.3 Å². The maximum Gasteiger partial charge on any atom is 0.270 e. The molecule has 0 atom stereocenters. The van der Waals surface area contributed by atoms with Crippen molar-refractivity contribution in [3.63, 3.8) is 0 Å². The van der Waals surface area contributed by atoms with Gasteiger partial charge in [-0.3, -0.25) is 0 Å². The van der Waals surface area contributed by atoms with E-state index in [1.165, 1.54) is 18.1 Å². The SMILES string of the molecule is Cc1ccc(NSc2cnc(F)s2)c2[nH]cc(C#N)c12. The highest BCUT2D eigenvalue weighted by atomic mass is 32.2. The highest BCUT2D eigenvalue weighted by molar-refractivity contribution is 8.02. The topological polar surface area (TPSA) is 64.5 Å². The van der Waals surface area contributed by atoms with Crippen LogP contribution in [-0.2, 0) is 0 Å². The van der Waals surface area contributed by atoms with Gasteiger partial charge in [-0.1, -0.05) is 17.4 Å². The summed E-state index contributed by atoms with van der Waals surface area (Å²) in [6, 6.07) is 6.05. The molecule has 2 heterocycles. The second-order valence-corrected chi connectivity index (χ2v) is 6.22. The molecule has 7 heteroatoms. The molecule has 0 aliphatic carbocycles. The molecule has 0 saturated carbocycles. The molecule has 100 valence electrons. The lowest BCUT2D eigenvalue weighted by Crippen LogP contribution is -1.88. The summed E-state index contributed by atoms with van der Waals surface area (Å²) in [5.41, 5.74) is 3.39. The molecule has 2 N–H and O–H groups in total. The molecule has 0 unspecified atom stereocenters. The summed E-state index contributed by atoms with van der Waals surface area (Å²) in [5, 5.41) is 9.57. The van der Waals surface area contributed by atoms with Gasteiger partial charge >= 0.3 is 0 Å². The number of aromatic amines is 1. The van der Waals surface area contributed by atoms with E-state index in [9.17, 15) is 4.39 Å². The molecule has 0 spiro atoms. The van der Waals surface area contributed by atoms with Gasteiger partial charge in [0.15, 0.2) is 0 Å². The fourth-order valence-electron chi connectivity index (χ4n) is 1.99. The molecule has 0 fully saturated rings. The number of benzene rings is 1. The molecule has 3 rings (SSSR count). The molecule has 0 aliphatic heterocycles. The van der Waals surface area contributed by atoms with Crippen molar-refractivity contribution in [3.8, 4) is 6.07 Å². The third kappa shape index (κ3) is 2.24. The number of nitrogens with one attached hydrogen (secondary N) is 2. The highest BCUT2D eigenvalue weighted by Gasteiger charge is 2.10. The number of aromatic nitrogens is 2. The van der Waals surface area contributed by atoms with Crippen LogP contribution in [0.25, 0.3) is 10.9 Å². The van der Waals surface area contributed by atoms with E-state index >= 15 is 0 Å². The van der Waals surface area contributed by atoms with E-state index in [1.54, 1.807) is 6.20 Å². The lowest BCUT2D eigenvalue weighted by atomic mass is 10.1. The number of nitrogens with zero attached hydrogens (tertiary/aromatic N) is 2. The maximum absolute atomic E-state index is 12.8. The molecule has 3 aromatic rings. The Labute approximate surface area is 122 Å². The first kappa shape index (κ1) is 13.0. The molecule has 0 bridgehead atoms. The molecule has 0 aliphatic rings. The van der Waals surface area contributed by atoms with Gasteiger partial charge in [0.05, 0.1) is 23.0 Å². The van der Waals surface area contributed by atoms with Crippen LogP contribution in [0, 0.1) is 23.5 Å². The first-order valence-corrected chi connectivity index (χ1v) is 7.37. The van der Waals surface area contributed by atoms with Crippen LogP contribution >= 0.6 is 23.3 Å². The molecule has 0 amide bonds. The van der Waals surface area contributed by atoms with Crippen LogP contribution in [0.15, 0.2) is 28.7 Å². The highest BCUT2D eigenvalue weighted by Crippen LogP contribution is 2.32. The van der Waals surface area contributed by atoms with Crippen molar-refractivity contribution in [1.82, 2.24) is 9.97 Å². The number of fused-ring (bicyclic) bond motifs is 1. The number of thiazole rings is 1. The standard InChI is InChI=1S/C13H9FN4S2/c1-7-2-3-9(12-11(7)8(4-15)5-16-12)18-20-10-6-17-13(14)19-10/h2-3,5-6,16,18H,1H3. The van der Waals surface area contributed by atoms with Crippen molar-refractivity contribution in [3.05, 3.63) is 40.9 Å². The van der Waals surface area contributed by atoms with E-state index in [4.69, 9.17) is 5.26 Å². The van der Waals surface area contributed by atoms with Crippen LogP contribution < -0.4 is 4.72 Å². The number of halogens is 1. The molecular weight excluding hydrogens is 295 g/mol. The zero-order valence-electron chi connectivity index (χ0n) is 10.4. The molecule has 20 heavy (non-hydrogen) atoms. The van der Waals surface area contributed by atoms with Gasteiger partial charge < -0.3 is 9.71 Å². The van der Waals surface area contributed by atoms with E-state index in [0.29, 0.717) is 5.56 Å². The number of nitriles is 1. The molecular formula is C13H9FN4S2. The Morgan fingerprint density at radius 2 is 2.35 bits per heavy atom. The zero-order chi connectivity index (χ0) is 14.1. The van der Waals surface area contributed by atoms with Gasteiger partial charge in [-0.05, 0) is 30.5 Å². The smallest absolute Gasteiger partial charge is 0.270 e. The Hall–Kier alpha value is -2.04. The number of H-pyrrole nitrogens is 1. The number of hydrogen-bond acceptors (Lipinski definition) is 5. The Bertz CT molecular complexity index is 815. The minimum atomic E-state index is -0.449. The third-order valence-corrected chi connectivity index (χ3v) is 4.59. The Balaban J connectivity index is 1.94. The summed E-state index contributed by atoms with van der Waals surface area (Å²) in [5.74, 6) is 0. The van der Waals surface area contributed by atoms with Crippen LogP contribution in [0.2, 0.25) is 0 Å². The van der Waals surface area contributed by atoms with Gasteiger partial charge in [-0.15, -0.1) is 0 Å². The van der Waals surface area contributed by atoms with E-state index in [0.717, 1.165) is 37.7 Å². The largest absolute Gasteiger partial charge is 0.358 e. The fraction of sp³-hybridized carbons (Fsp3) is 0.0769. The molecule has 4 nitrogen and oxygen atoms in total. The second-order valence-electron chi connectivity index (χ2n) is 4.13. The van der Waals surface area contributed by atoms with E-state index in [1.807, 2.05) is 19.1 Å². The summed E-state index contributed by atoms with van der Waals surface area (Å²) in [4.78, 5) is 6.67. The predicted octanol–water partition coefficient (Wildman–Crippen LogP) is 4.06. The van der Waals surface area contributed by atoms with Crippen molar-refractivity contribution >= 4 is 39.9 Å². The summed E-state index contributed by atoms with van der Waals surface area (Å²) < 4.78 is 16.7. The lowest BCUT2D eigenvalue weighted by Gasteiger charge is -2.06. The lowest BCUT2D eigenvalue weighted by molar-refractivity contribution is 0.617. The fourth-order valence-corrected chi connectivity index (χ4v) is 3.35. The van der Waals surface area contributed by atoms with Crippen molar-refractivity contribution in [2.75, 3.05) is 4.72 Å². The summed E-state index contributed by atoms with van der Waals surface area (Å²) in [7, 11) is 0. The Morgan fingerprint density at radius 1 is 1.50 bits per heavy atom. The summed E-state index contributed by atoms with van der Waals surface area (Å²) >= 11 is 2.28. The van der Waals surface area contributed by atoms with Gasteiger partial charge in [0, 0.05) is 11.6 Å². The van der Waals surface area contributed by atoms with E-state index < -0.39 is 5.26 Å². The van der Waals surface area contributed by atoms with Gasteiger partial charge in [-0.25, -0.2) is 4.98 Å². The number of anilines is 1. The number of rotatable bonds is 3. The average Bonchev–Trinajstić information content (AvgIpc) is 3.05. The monoisotopic (exact) mass is 304 g/mol.